The van der Waals surface area contributed by atoms with Crippen LogP contribution in [0.1, 0.15) is 46.4 Å². The molecule has 2 aromatic rings. The number of nitrogens with two attached hydrogens (primary N) is 2. The lowest BCUT2D eigenvalue weighted by Crippen LogP contribution is -2.45. The summed E-state index contributed by atoms with van der Waals surface area (Å²) in [4.78, 5) is 33.2. The second-order valence-corrected chi connectivity index (χ2v) is 7.87. The third-order valence-corrected chi connectivity index (χ3v) is 6.04. The first-order chi connectivity index (χ1) is 14.0. The molecular weight excluding hydrogens is 366 g/mol. The Hall–Kier alpha value is -2.93. The van der Waals surface area contributed by atoms with Crippen molar-refractivity contribution in [2.45, 2.75) is 31.7 Å². The van der Waals surface area contributed by atoms with Crippen molar-refractivity contribution in [2.75, 3.05) is 31.9 Å². The third kappa shape index (κ3) is 4.10. The molecule has 0 radical (unpaired) electrons. The van der Waals surface area contributed by atoms with Crippen molar-refractivity contribution in [1.82, 2.24) is 14.8 Å². The maximum atomic E-state index is 13.0. The smallest absolute Gasteiger partial charge is 0.253 e. The summed E-state index contributed by atoms with van der Waals surface area (Å²) in [5.74, 6) is -0.468. The maximum Gasteiger partial charge on any atom is 0.253 e. The number of hydrogen-bond acceptors (Lipinski definition) is 5. The Balaban J connectivity index is 1.48. The Morgan fingerprint density at radius 3 is 2.41 bits per heavy atom. The van der Waals surface area contributed by atoms with E-state index in [0.717, 1.165) is 31.5 Å². The molecule has 0 aliphatic carbocycles. The lowest BCUT2D eigenvalue weighted by Gasteiger charge is -2.36. The molecule has 2 fully saturated rings. The number of aromatic nitrogens is 1. The zero-order valence-corrected chi connectivity index (χ0v) is 16.5. The minimum absolute atomic E-state index is 0.0465. The van der Waals surface area contributed by atoms with Crippen LogP contribution in [-0.2, 0) is 0 Å². The molecule has 2 aliphatic heterocycles. The SMILES string of the molecule is NC(=O)c1cc(-c2cccc(C(=O)N3CCC(N4CCCC4)CC3)c2)cnc1N. The Kier molecular flexibility index (Phi) is 5.49. The number of pyridine rings is 1. The third-order valence-electron chi connectivity index (χ3n) is 6.04. The summed E-state index contributed by atoms with van der Waals surface area (Å²) in [6, 6.07) is 9.63. The highest BCUT2D eigenvalue weighted by Crippen LogP contribution is 2.25. The number of likely N-dealkylation sites (tertiary alicyclic amines) is 2. The fourth-order valence-electron chi connectivity index (χ4n) is 4.39. The second-order valence-electron chi connectivity index (χ2n) is 7.87. The first-order valence-electron chi connectivity index (χ1n) is 10.2. The van der Waals surface area contributed by atoms with Crippen LogP contribution in [0.25, 0.3) is 11.1 Å². The van der Waals surface area contributed by atoms with Crippen LogP contribution in [-0.4, -0.2) is 58.8 Å². The van der Waals surface area contributed by atoms with Crippen molar-refractivity contribution in [1.29, 1.82) is 0 Å². The molecular formula is C22H27N5O2. The van der Waals surface area contributed by atoms with Crippen LogP contribution in [0.5, 0.6) is 0 Å². The van der Waals surface area contributed by atoms with E-state index in [9.17, 15) is 9.59 Å². The lowest BCUT2D eigenvalue weighted by atomic mass is 10.00. The molecule has 152 valence electrons. The summed E-state index contributed by atoms with van der Waals surface area (Å²) >= 11 is 0. The number of rotatable bonds is 4. The molecule has 0 spiro atoms. The Bertz CT molecular complexity index is 915. The second kappa shape index (κ2) is 8.21. The Morgan fingerprint density at radius 2 is 1.72 bits per heavy atom. The Morgan fingerprint density at radius 1 is 1.00 bits per heavy atom. The number of anilines is 1. The van der Waals surface area contributed by atoms with E-state index in [-0.39, 0.29) is 17.3 Å². The number of primary amides is 1. The van der Waals surface area contributed by atoms with Crippen LogP contribution >= 0.6 is 0 Å². The molecule has 7 nitrogen and oxygen atoms in total. The van der Waals surface area contributed by atoms with Crippen molar-refractivity contribution in [3.05, 3.63) is 47.7 Å². The van der Waals surface area contributed by atoms with E-state index in [0.29, 0.717) is 17.2 Å². The molecule has 2 amide bonds. The van der Waals surface area contributed by atoms with Crippen LogP contribution in [0.2, 0.25) is 0 Å². The highest BCUT2D eigenvalue weighted by Gasteiger charge is 2.28. The molecule has 1 aromatic heterocycles. The summed E-state index contributed by atoms with van der Waals surface area (Å²) in [5, 5.41) is 0. The van der Waals surface area contributed by atoms with Gasteiger partial charge in [0.1, 0.15) is 5.82 Å². The molecule has 2 saturated heterocycles. The van der Waals surface area contributed by atoms with Crippen molar-refractivity contribution >= 4 is 17.6 Å². The van der Waals surface area contributed by atoms with Crippen molar-refractivity contribution in [3.63, 3.8) is 0 Å². The van der Waals surface area contributed by atoms with Crippen molar-refractivity contribution < 1.29 is 9.59 Å². The minimum atomic E-state index is -0.620. The Labute approximate surface area is 170 Å². The predicted octanol–water partition coefficient (Wildman–Crippen LogP) is 2.13. The first kappa shape index (κ1) is 19.4. The summed E-state index contributed by atoms with van der Waals surface area (Å²) in [7, 11) is 0. The van der Waals surface area contributed by atoms with Gasteiger partial charge < -0.3 is 21.3 Å². The first-order valence-corrected chi connectivity index (χ1v) is 10.2. The number of nitrogens with zero attached hydrogens (tertiary/aromatic N) is 3. The average Bonchev–Trinajstić information content (AvgIpc) is 3.28. The lowest BCUT2D eigenvalue weighted by molar-refractivity contribution is 0.0644. The van der Waals surface area contributed by atoms with Gasteiger partial charge in [-0.05, 0) is 62.5 Å². The van der Waals surface area contributed by atoms with Gasteiger partial charge in [0.05, 0.1) is 5.56 Å². The maximum absolute atomic E-state index is 13.0. The van der Waals surface area contributed by atoms with Crippen LogP contribution in [0.15, 0.2) is 36.5 Å². The summed E-state index contributed by atoms with van der Waals surface area (Å²) < 4.78 is 0. The molecule has 4 rings (SSSR count). The van der Waals surface area contributed by atoms with Gasteiger partial charge in [-0.25, -0.2) is 4.98 Å². The largest absolute Gasteiger partial charge is 0.383 e. The van der Waals surface area contributed by atoms with Gasteiger partial charge in [0.2, 0.25) is 0 Å². The van der Waals surface area contributed by atoms with Crippen LogP contribution < -0.4 is 11.5 Å². The fraction of sp³-hybridized carbons (Fsp3) is 0.409. The van der Waals surface area contributed by atoms with E-state index in [4.69, 9.17) is 11.5 Å². The number of nitrogen functional groups attached to an aromatic ring is 1. The summed E-state index contributed by atoms with van der Waals surface area (Å²) in [6.45, 7) is 3.98. The molecule has 7 heteroatoms. The minimum Gasteiger partial charge on any atom is -0.383 e. The zero-order chi connectivity index (χ0) is 20.4. The van der Waals surface area contributed by atoms with Gasteiger partial charge in [-0.1, -0.05) is 12.1 Å². The van der Waals surface area contributed by atoms with Gasteiger partial charge in [-0.3, -0.25) is 9.59 Å². The molecule has 2 aliphatic rings. The number of piperidine rings is 1. The normalized spacial score (nSPS) is 18.1. The van der Waals surface area contributed by atoms with Gasteiger partial charge >= 0.3 is 0 Å². The van der Waals surface area contributed by atoms with Crippen LogP contribution in [0.4, 0.5) is 5.82 Å². The standard InChI is InChI=1S/C22H27N5O2/c23-20-19(21(24)28)13-17(14-25-20)15-4-3-5-16(12-15)22(29)27-10-6-18(7-11-27)26-8-1-2-9-26/h3-5,12-14,18H,1-2,6-11H2,(H2,23,25)(H2,24,28). The van der Waals surface area contributed by atoms with E-state index in [2.05, 4.69) is 9.88 Å². The van der Waals surface area contributed by atoms with Gasteiger partial charge in [-0.15, -0.1) is 0 Å². The quantitative estimate of drug-likeness (QED) is 0.828. The number of hydrogen-bond donors (Lipinski definition) is 2. The van der Waals surface area contributed by atoms with Crippen LogP contribution in [0.3, 0.4) is 0 Å². The summed E-state index contributed by atoms with van der Waals surface area (Å²) in [5.41, 5.74) is 13.4. The monoisotopic (exact) mass is 393 g/mol. The molecule has 3 heterocycles. The van der Waals surface area contributed by atoms with E-state index < -0.39 is 5.91 Å². The molecule has 1 aromatic carbocycles. The average molecular weight is 393 g/mol. The fourth-order valence-corrected chi connectivity index (χ4v) is 4.39. The molecule has 0 bridgehead atoms. The topological polar surface area (TPSA) is 106 Å². The van der Waals surface area contributed by atoms with Crippen molar-refractivity contribution in [2.24, 2.45) is 5.73 Å². The predicted molar refractivity (Wildman–Crippen MR) is 112 cm³/mol. The zero-order valence-electron chi connectivity index (χ0n) is 16.5. The van der Waals surface area contributed by atoms with Gasteiger partial charge in [0, 0.05) is 36.5 Å². The number of benzene rings is 1. The molecule has 29 heavy (non-hydrogen) atoms. The highest BCUT2D eigenvalue weighted by molar-refractivity contribution is 5.99. The van der Waals surface area contributed by atoms with E-state index in [1.165, 1.54) is 25.9 Å². The molecule has 4 N–H and O–H groups in total. The van der Waals surface area contributed by atoms with Gasteiger partial charge in [0.25, 0.3) is 11.8 Å². The van der Waals surface area contributed by atoms with Crippen molar-refractivity contribution in [3.8, 4) is 11.1 Å². The van der Waals surface area contributed by atoms with E-state index in [1.807, 2.05) is 29.2 Å². The number of carbonyl (C=O) groups is 2. The number of carbonyl (C=O) groups excluding carboxylic acids is 2. The molecule has 0 unspecified atom stereocenters. The van der Waals surface area contributed by atoms with E-state index in [1.54, 1.807) is 12.3 Å². The number of amides is 2. The molecule has 0 atom stereocenters. The van der Waals surface area contributed by atoms with Gasteiger partial charge in [-0.2, -0.15) is 0 Å². The summed E-state index contributed by atoms with van der Waals surface area (Å²) in [6.07, 6.45) is 6.25. The molecule has 0 saturated carbocycles. The van der Waals surface area contributed by atoms with E-state index >= 15 is 0 Å². The van der Waals surface area contributed by atoms with Gasteiger partial charge in [0.15, 0.2) is 0 Å². The highest BCUT2D eigenvalue weighted by atomic mass is 16.2. The van der Waals surface area contributed by atoms with Crippen LogP contribution in [0, 0.1) is 0 Å².